The Hall–Kier alpha value is -2.82. The van der Waals surface area contributed by atoms with Gasteiger partial charge in [0.15, 0.2) is 6.61 Å². The van der Waals surface area contributed by atoms with Crippen LogP contribution in [0, 0.1) is 5.92 Å². The summed E-state index contributed by atoms with van der Waals surface area (Å²) in [6.07, 6.45) is 2.92. The van der Waals surface area contributed by atoms with Crippen LogP contribution in [0.3, 0.4) is 0 Å². The van der Waals surface area contributed by atoms with Crippen molar-refractivity contribution in [3.8, 4) is 5.75 Å². The largest absolute Gasteiger partial charge is 0.484 e. The van der Waals surface area contributed by atoms with Gasteiger partial charge >= 0.3 is 0 Å². The van der Waals surface area contributed by atoms with E-state index in [1.54, 1.807) is 12.1 Å². The van der Waals surface area contributed by atoms with E-state index in [0.717, 1.165) is 38.1 Å². The predicted molar refractivity (Wildman–Crippen MR) is 99.9 cm³/mol. The van der Waals surface area contributed by atoms with Crippen molar-refractivity contribution in [3.63, 3.8) is 0 Å². The standard InChI is InChI=1S/C21H24N2O3/c22-21(25)18-8-6-16(7-9-18)14-17-10-12-23(13-11-17)20(24)15-26-19-4-2-1-3-5-19/h1-9,17H,10-15H2,(H2,22,25). The Labute approximate surface area is 153 Å². The maximum absolute atomic E-state index is 12.3. The summed E-state index contributed by atoms with van der Waals surface area (Å²) in [6.45, 7) is 1.62. The van der Waals surface area contributed by atoms with E-state index in [1.807, 2.05) is 47.4 Å². The molecular formula is C21H24N2O3. The second-order valence-corrected chi connectivity index (χ2v) is 6.69. The third-order valence-corrected chi connectivity index (χ3v) is 4.84. The number of hydrogen-bond donors (Lipinski definition) is 1. The predicted octanol–water partition coefficient (Wildman–Crippen LogP) is 2.65. The molecule has 5 heteroatoms. The molecule has 1 aliphatic heterocycles. The summed E-state index contributed by atoms with van der Waals surface area (Å²) in [4.78, 5) is 25.3. The molecule has 0 radical (unpaired) electrons. The van der Waals surface area contributed by atoms with E-state index >= 15 is 0 Å². The number of amides is 2. The SMILES string of the molecule is NC(=O)c1ccc(CC2CCN(C(=O)COc3ccccc3)CC2)cc1. The van der Waals surface area contributed by atoms with Crippen molar-refractivity contribution in [2.45, 2.75) is 19.3 Å². The first-order chi connectivity index (χ1) is 12.6. The molecule has 1 fully saturated rings. The Kier molecular flexibility index (Phi) is 5.89. The lowest BCUT2D eigenvalue weighted by Gasteiger charge is -2.32. The van der Waals surface area contributed by atoms with Crippen molar-refractivity contribution < 1.29 is 14.3 Å². The van der Waals surface area contributed by atoms with E-state index in [4.69, 9.17) is 10.5 Å². The molecule has 136 valence electrons. The number of benzene rings is 2. The van der Waals surface area contributed by atoms with Crippen LogP contribution in [-0.4, -0.2) is 36.4 Å². The molecule has 0 aliphatic carbocycles. The van der Waals surface area contributed by atoms with E-state index in [0.29, 0.717) is 11.5 Å². The number of nitrogens with zero attached hydrogens (tertiary/aromatic N) is 1. The van der Waals surface area contributed by atoms with Gasteiger partial charge in [-0.2, -0.15) is 0 Å². The third-order valence-electron chi connectivity index (χ3n) is 4.84. The van der Waals surface area contributed by atoms with Gasteiger partial charge < -0.3 is 15.4 Å². The average Bonchev–Trinajstić information content (AvgIpc) is 2.68. The van der Waals surface area contributed by atoms with Crippen molar-refractivity contribution >= 4 is 11.8 Å². The molecule has 1 saturated heterocycles. The highest BCUT2D eigenvalue weighted by molar-refractivity contribution is 5.92. The fourth-order valence-electron chi connectivity index (χ4n) is 3.28. The minimum Gasteiger partial charge on any atom is -0.484 e. The van der Waals surface area contributed by atoms with Crippen LogP contribution in [0.5, 0.6) is 5.75 Å². The van der Waals surface area contributed by atoms with E-state index in [9.17, 15) is 9.59 Å². The minimum atomic E-state index is -0.402. The molecule has 0 saturated carbocycles. The molecule has 5 nitrogen and oxygen atoms in total. The normalized spacial score (nSPS) is 14.8. The molecule has 0 unspecified atom stereocenters. The van der Waals surface area contributed by atoms with Crippen molar-refractivity contribution in [1.29, 1.82) is 0 Å². The van der Waals surface area contributed by atoms with Crippen molar-refractivity contribution in [2.75, 3.05) is 19.7 Å². The number of hydrogen-bond acceptors (Lipinski definition) is 3. The number of rotatable bonds is 6. The van der Waals surface area contributed by atoms with Gasteiger partial charge in [0, 0.05) is 18.7 Å². The smallest absolute Gasteiger partial charge is 0.260 e. The fourth-order valence-corrected chi connectivity index (χ4v) is 3.28. The van der Waals surface area contributed by atoms with Gasteiger partial charge in [-0.15, -0.1) is 0 Å². The van der Waals surface area contributed by atoms with Gasteiger partial charge in [-0.1, -0.05) is 30.3 Å². The molecular weight excluding hydrogens is 328 g/mol. The number of carbonyl (C=O) groups excluding carboxylic acids is 2. The van der Waals surface area contributed by atoms with Crippen LogP contribution in [-0.2, 0) is 11.2 Å². The average molecular weight is 352 g/mol. The van der Waals surface area contributed by atoms with E-state index in [1.165, 1.54) is 5.56 Å². The first-order valence-corrected chi connectivity index (χ1v) is 8.96. The molecule has 2 N–H and O–H groups in total. The van der Waals surface area contributed by atoms with Gasteiger partial charge in [-0.05, 0) is 55.0 Å². The summed E-state index contributed by atoms with van der Waals surface area (Å²) in [7, 11) is 0. The molecule has 0 spiro atoms. The second-order valence-electron chi connectivity index (χ2n) is 6.69. The highest BCUT2D eigenvalue weighted by atomic mass is 16.5. The van der Waals surface area contributed by atoms with Crippen LogP contribution >= 0.6 is 0 Å². The Bertz CT molecular complexity index is 736. The second kappa shape index (κ2) is 8.52. The number of piperidine rings is 1. The number of ether oxygens (including phenoxy) is 1. The topological polar surface area (TPSA) is 72.6 Å². The van der Waals surface area contributed by atoms with E-state index in [-0.39, 0.29) is 12.5 Å². The highest BCUT2D eigenvalue weighted by Gasteiger charge is 2.23. The van der Waals surface area contributed by atoms with E-state index in [2.05, 4.69) is 0 Å². The van der Waals surface area contributed by atoms with Gasteiger partial charge in [0.25, 0.3) is 5.91 Å². The van der Waals surface area contributed by atoms with Crippen LogP contribution in [0.4, 0.5) is 0 Å². The van der Waals surface area contributed by atoms with Gasteiger partial charge in [0.1, 0.15) is 5.75 Å². The zero-order valence-corrected chi connectivity index (χ0v) is 14.8. The number of primary amides is 1. The van der Waals surface area contributed by atoms with Gasteiger partial charge in [0.05, 0.1) is 0 Å². The molecule has 3 rings (SSSR count). The first-order valence-electron chi connectivity index (χ1n) is 8.96. The summed E-state index contributed by atoms with van der Waals surface area (Å²) in [5.41, 5.74) is 7.00. The molecule has 0 bridgehead atoms. The monoisotopic (exact) mass is 352 g/mol. The third kappa shape index (κ3) is 4.85. The maximum Gasteiger partial charge on any atom is 0.260 e. The van der Waals surface area contributed by atoms with Crippen LogP contribution < -0.4 is 10.5 Å². The number of carbonyl (C=O) groups is 2. The quantitative estimate of drug-likeness (QED) is 0.869. The summed E-state index contributed by atoms with van der Waals surface area (Å²) >= 11 is 0. The van der Waals surface area contributed by atoms with Crippen molar-refractivity contribution in [3.05, 3.63) is 65.7 Å². The van der Waals surface area contributed by atoms with Gasteiger partial charge in [0.2, 0.25) is 5.91 Å². The number of nitrogens with two attached hydrogens (primary N) is 1. The zero-order valence-electron chi connectivity index (χ0n) is 14.8. The van der Waals surface area contributed by atoms with Crippen LogP contribution in [0.25, 0.3) is 0 Å². The Morgan fingerprint density at radius 3 is 2.27 bits per heavy atom. The first kappa shape index (κ1) is 18.0. The Balaban J connectivity index is 1.43. The lowest BCUT2D eigenvalue weighted by atomic mass is 9.90. The minimum absolute atomic E-state index is 0.0399. The summed E-state index contributed by atoms with van der Waals surface area (Å²) < 4.78 is 5.55. The lowest BCUT2D eigenvalue weighted by molar-refractivity contribution is -0.134. The van der Waals surface area contributed by atoms with Crippen molar-refractivity contribution in [2.24, 2.45) is 11.7 Å². The molecule has 1 heterocycles. The molecule has 2 amide bonds. The fraction of sp³-hybridized carbons (Fsp3) is 0.333. The molecule has 26 heavy (non-hydrogen) atoms. The van der Waals surface area contributed by atoms with E-state index < -0.39 is 5.91 Å². The Morgan fingerprint density at radius 2 is 1.65 bits per heavy atom. The van der Waals surface area contributed by atoms with Gasteiger partial charge in [-0.25, -0.2) is 0 Å². The summed E-state index contributed by atoms with van der Waals surface area (Å²) in [5, 5.41) is 0. The lowest BCUT2D eigenvalue weighted by Crippen LogP contribution is -2.41. The highest BCUT2D eigenvalue weighted by Crippen LogP contribution is 2.22. The molecule has 2 aromatic rings. The van der Waals surface area contributed by atoms with Crippen LogP contribution in [0.1, 0.15) is 28.8 Å². The van der Waals surface area contributed by atoms with Crippen LogP contribution in [0.15, 0.2) is 54.6 Å². The maximum atomic E-state index is 12.3. The van der Waals surface area contributed by atoms with Gasteiger partial charge in [-0.3, -0.25) is 9.59 Å². The number of likely N-dealkylation sites (tertiary alicyclic amines) is 1. The van der Waals surface area contributed by atoms with Crippen LogP contribution in [0.2, 0.25) is 0 Å². The Morgan fingerprint density at radius 1 is 1.00 bits per heavy atom. The molecule has 0 aromatic heterocycles. The zero-order chi connectivity index (χ0) is 18.4. The molecule has 0 atom stereocenters. The molecule has 2 aromatic carbocycles. The van der Waals surface area contributed by atoms with Crippen molar-refractivity contribution in [1.82, 2.24) is 4.90 Å². The summed E-state index contributed by atoms with van der Waals surface area (Å²) in [6, 6.07) is 16.9. The summed E-state index contributed by atoms with van der Waals surface area (Å²) in [5.74, 6) is 0.905. The number of para-hydroxylation sites is 1. The molecule has 1 aliphatic rings.